The zero-order chi connectivity index (χ0) is 14.7. The summed E-state index contributed by atoms with van der Waals surface area (Å²) < 4.78 is 0. The van der Waals surface area contributed by atoms with Crippen molar-refractivity contribution in [3.63, 3.8) is 0 Å². The lowest BCUT2D eigenvalue weighted by Gasteiger charge is -2.14. The van der Waals surface area contributed by atoms with Crippen molar-refractivity contribution in [2.24, 2.45) is 0 Å². The molecule has 2 rings (SSSR count). The minimum absolute atomic E-state index is 0.442. The van der Waals surface area contributed by atoms with Gasteiger partial charge in [-0.15, -0.1) is 0 Å². The summed E-state index contributed by atoms with van der Waals surface area (Å²) in [4.78, 5) is 9.21. The molecule has 0 unspecified atom stereocenters. The van der Waals surface area contributed by atoms with Crippen molar-refractivity contribution in [2.45, 2.75) is 40.3 Å². The van der Waals surface area contributed by atoms with E-state index in [0.29, 0.717) is 16.9 Å². The van der Waals surface area contributed by atoms with Gasteiger partial charge in [-0.25, -0.2) is 9.97 Å². The van der Waals surface area contributed by atoms with Crippen LogP contribution in [0.1, 0.15) is 30.8 Å². The van der Waals surface area contributed by atoms with Gasteiger partial charge in [-0.1, -0.05) is 37.6 Å². The third kappa shape index (κ3) is 3.35. The number of rotatable bonds is 4. The quantitative estimate of drug-likeness (QED) is 0.927. The normalized spacial score (nSPS) is 11.1. The van der Waals surface area contributed by atoms with E-state index >= 15 is 0 Å². The number of nitrogens with zero attached hydrogens (tertiary/aromatic N) is 2. The van der Waals surface area contributed by atoms with Crippen LogP contribution in [0.25, 0.3) is 11.4 Å². The maximum absolute atomic E-state index is 6.21. The number of nitrogens with one attached hydrogen (secondary N) is 1. The molecule has 20 heavy (non-hydrogen) atoms. The molecule has 0 fully saturated rings. The molecule has 0 bridgehead atoms. The van der Waals surface area contributed by atoms with Crippen LogP contribution in [0, 0.1) is 13.8 Å². The Hall–Kier alpha value is -1.45. The van der Waals surface area contributed by atoms with E-state index in [0.717, 1.165) is 29.1 Å². The fraction of sp³-hybridized carbons (Fsp3) is 0.375. The lowest BCUT2D eigenvalue weighted by Crippen LogP contribution is -2.23. The molecule has 1 N–H and O–H groups in total. The van der Waals surface area contributed by atoms with Gasteiger partial charge in [0, 0.05) is 35.1 Å². The van der Waals surface area contributed by atoms with E-state index in [2.05, 4.69) is 29.1 Å². The highest BCUT2D eigenvalue weighted by Crippen LogP contribution is 2.26. The van der Waals surface area contributed by atoms with E-state index in [1.807, 2.05) is 38.1 Å². The smallest absolute Gasteiger partial charge is 0.161 e. The Bertz CT molecular complexity index is 585. The van der Waals surface area contributed by atoms with Crippen LogP contribution < -0.4 is 5.32 Å². The van der Waals surface area contributed by atoms with Crippen molar-refractivity contribution in [2.75, 3.05) is 0 Å². The van der Waals surface area contributed by atoms with Crippen LogP contribution in [0.5, 0.6) is 0 Å². The number of benzene rings is 1. The molecule has 0 aliphatic rings. The predicted molar refractivity (Wildman–Crippen MR) is 83.9 cm³/mol. The molecule has 0 radical (unpaired) electrons. The van der Waals surface area contributed by atoms with Crippen LogP contribution in [-0.2, 0) is 6.54 Å². The number of aryl methyl sites for hydroxylation is 2. The monoisotopic (exact) mass is 289 g/mol. The summed E-state index contributed by atoms with van der Waals surface area (Å²) in [6.45, 7) is 9.09. The second-order valence-corrected chi connectivity index (χ2v) is 5.62. The molecule has 0 saturated carbocycles. The second-order valence-electron chi connectivity index (χ2n) is 5.21. The molecule has 1 aromatic carbocycles. The molecular formula is C16H20ClN3. The molecule has 4 heteroatoms. The maximum Gasteiger partial charge on any atom is 0.161 e. The first-order valence-electron chi connectivity index (χ1n) is 6.81. The van der Waals surface area contributed by atoms with Crippen LogP contribution in [0.2, 0.25) is 5.02 Å². The van der Waals surface area contributed by atoms with Crippen LogP contribution in [0.15, 0.2) is 24.3 Å². The van der Waals surface area contributed by atoms with E-state index in [1.54, 1.807) is 0 Å². The third-order valence-electron chi connectivity index (χ3n) is 3.22. The van der Waals surface area contributed by atoms with Crippen LogP contribution in [-0.4, -0.2) is 16.0 Å². The average molecular weight is 290 g/mol. The predicted octanol–water partition coefficient (Wildman–Crippen LogP) is 3.91. The Kier molecular flexibility index (Phi) is 4.73. The van der Waals surface area contributed by atoms with E-state index in [9.17, 15) is 0 Å². The number of hydrogen-bond acceptors (Lipinski definition) is 3. The SMILES string of the molecule is Cc1nc(-c2ccccc2Cl)nc(C)c1CNC(C)C. The minimum Gasteiger partial charge on any atom is -0.310 e. The molecule has 0 aliphatic heterocycles. The molecule has 3 nitrogen and oxygen atoms in total. The van der Waals surface area contributed by atoms with E-state index in [-0.39, 0.29) is 0 Å². The molecule has 0 atom stereocenters. The molecule has 0 saturated heterocycles. The Morgan fingerprint density at radius 3 is 2.25 bits per heavy atom. The molecule has 1 heterocycles. The zero-order valence-electron chi connectivity index (χ0n) is 12.4. The molecule has 0 spiro atoms. The average Bonchev–Trinajstić information content (AvgIpc) is 2.37. The Morgan fingerprint density at radius 2 is 1.70 bits per heavy atom. The van der Waals surface area contributed by atoms with Gasteiger partial charge in [0.1, 0.15) is 0 Å². The van der Waals surface area contributed by atoms with Gasteiger partial charge in [-0.2, -0.15) is 0 Å². The lowest BCUT2D eigenvalue weighted by atomic mass is 10.1. The maximum atomic E-state index is 6.21. The van der Waals surface area contributed by atoms with Crippen LogP contribution in [0.4, 0.5) is 0 Å². The fourth-order valence-electron chi connectivity index (χ4n) is 2.06. The summed E-state index contributed by atoms with van der Waals surface area (Å²) in [5.74, 6) is 0.693. The number of hydrogen-bond donors (Lipinski definition) is 1. The highest BCUT2D eigenvalue weighted by atomic mass is 35.5. The van der Waals surface area contributed by atoms with E-state index < -0.39 is 0 Å². The first-order chi connectivity index (χ1) is 9.49. The van der Waals surface area contributed by atoms with Crippen molar-refractivity contribution in [3.8, 4) is 11.4 Å². The Morgan fingerprint density at radius 1 is 1.10 bits per heavy atom. The van der Waals surface area contributed by atoms with Gasteiger partial charge in [-0.05, 0) is 26.0 Å². The first-order valence-corrected chi connectivity index (χ1v) is 7.19. The van der Waals surface area contributed by atoms with Crippen molar-refractivity contribution in [3.05, 3.63) is 46.2 Å². The highest BCUT2D eigenvalue weighted by Gasteiger charge is 2.12. The molecule has 1 aromatic heterocycles. The summed E-state index contributed by atoms with van der Waals surface area (Å²) in [6.07, 6.45) is 0. The highest BCUT2D eigenvalue weighted by molar-refractivity contribution is 6.33. The van der Waals surface area contributed by atoms with Gasteiger partial charge in [-0.3, -0.25) is 0 Å². The van der Waals surface area contributed by atoms with Crippen molar-refractivity contribution >= 4 is 11.6 Å². The van der Waals surface area contributed by atoms with Gasteiger partial charge in [0.15, 0.2) is 5.82 Å². The van der Waals surface area contributed by atoms with Gasteiger partial charge in [0.05, 0.1) is 5.02 Å². The van der Waals surface area contributed by atoms with Gasteiger partial charge < -0.3 is 5.32 Å². The molecule has 2 aromatic rings. The summed E-state index contributed by atoms with van der Waals surface area (Å²) in [5.41, 5.74) is 4.04. The van der Waals surface area contributed by atoms with Crippen molar-refractivity contribution < 1.29 is 0 Å². The molecule has 0 amide bonds. The standard InChI is InChI=1S/C16H20ClN3/c1-10(2)18-9-14-11(3)19-16(20-12(14)4)13-7-5-6-8-15(13)17/h5-8,10,18H,9H2,1-4H3. The fourth-order valence-corrected chi connectivity index (χ4v) is 2.28. The Balaban J connectivity index is 2.38. The summed E-state index contributed by atoms with van der Waals surface area (Å²) >= 11 is 6.21. The molecule has 106 valence electrons. The number of halogens is 1. The zero-order valence-corrected chi connectivity index (χ0v) is 13.1. The Labute approximate surface area is 125 Å². The summed E-state index contributed by atoms with van der Waals surface area (Å²) in [6, 6.07) is 8.11. The van der Waals surface area contributed by atoms with Crippen molar-refractivity contribution in [1.29, 1.82) is 0 Å². The van der Waals surface area contributed by atoms with E-state index in [4.69, 9.17) is 11.6 Å². The second kappa shape index (κ2) is 6.33. The minimum atomic E-state index is 0.442. The lowest BCUT2D eigenvalue weighted by molar-refractivity contribution is 0.583. The van der Waals surface area contributed by atoms with Crippen LogP contribution in [0.3, 0.4) is 0 Å². The molecular weight excluding hydrogens is 270 g/mol. The van der Waals surface area contributed by atoms with Gasteiger partial charge >= 0.3 is 0 Å². The third-order valence-corrected chi connectivity index (χ3v) is 3.55. The molecule has 0 aliphatic carbocycles. The topological polar surface area (TPSA) is 37.8 Å². The van der Waals surface area contributed by atoms with Crippen molar-refractivity contribution in [1.82, 2.24) is 15.3 Å². The largest absolute Gasteiger partial charge is 0.310 e. The first kappa shape index (κ1) is 14.9. The number of aromatic nitrogens is 2. The summed E-state index contributed by atoms with van der Waals surface area (Å²) in [5, 5.41) is 4.09. The van der Waals surface area contributed by atoms with Crippen LogP contribution >= 0.6 is 11.6 Å². The summed E-state index contributed by atoms with van der Waals surface area (Å²) in [7, 11) is 0. The van der Waals surface area contributed by atoms with Gasteiger partial charge in [0.2, 0.25) is 0 Å². The van der Waals surface area contributed by atoms with Gasteiger partial charge in [0.25, 0.3) is 0 Å². The van der Waals surface area contributed by atoms with E-state index in [1.165, 1.54) is 0 Å².